The van der Waals surface area contributed by atoms with E-state index in [0.29, 0.717) is 5.75 Å². The number of fused-ring (bicyclic) bond motifs is 1. The Morgan fingerprint density at radius 3 is 2.48 bits per heavy atom. The molecule has 0 spiro atoms. The molecule has 2 aromatic carbocycles. The monoisotopic (exact) mass is 334 g/mol. The first-order valence-electron chi connectivity index (χ1n) is 8.13. The molecule has 5 nitrogen and oxygen atoms in total. The van der Waals surface area contributed by atoms with Gasteiger partial charge in [-0.3, -0.25) is 5.32 Å². The molecule has 0 aliphatic heterocycles. The van der Waals surface area contributed by atoms with E-state index >= 15 is 0 Å². The van der Waals surface area contributed by atoms with E-state index < -0.39 is 0 Å². The number of benzene rings is 2. The third kappa shape index (κ3) is 4.29. The lowest BCUT2D eigenvalue weighted by Gasteiger charge is -2.19. The van der Waals surface area contributed by atoms with E-state index in [1.165, 1.54) is 0 Å². The molecule has 25 heavy (non-hydrogen) atoms. The van der Waals surface area contributed by atoms with Crippen molar-refractivity contribution in [2.45, 2.75) is 19.6 Å². The van der Waals surface area contributed by atoms with Crippen LogP contribution in [-0.4, -0.2) is 27.4 Å². The van der Waals surface area contributed by atoms with Crippen molar-refractivity contribution in [2.24, 2.45) is 0 Å². The molecule has 2 rings (SSSR count). The van der Waals surface area contributed by atoms with Gasteiger partial charge in [0.15, 0.2) is 0 Å². The highest BCUT2D eigenvalue weighted by Gasteiger charge is 2.11. The molecule has 0 heterocycles. The number of nitrogens with zero attached hydrogens (tertiary/aromatic N) is 3. The number of hydrogen-bond donors (Lipinski definition) is 1. The van der Waals surface area contributed by atoms with Gasteiger partial charge in [0, 0.05) is 25.3 Å². The summed E-state index contributed by atoms with van der Waals surface area (Å²) in [5.41, 5.74) is 1.86. The number of anilines is 1. The molecule has 2 aromatic rings. The van der Waals surface area contributed by atoms with E-state index in [-0.39, 0.29) is 11.8 Å². The third-order valence-electron chi connectivity index (χ3n) is 3.97. The standard InChI is InChI=1S/C20H22N4O/c1-5-20(23-2)25-19-11-16-10-18(24(3)4)7-6-15(16)9-17(19)8-14(12-21)13-22/h6-11,20,23H,5H2,1-4H3. The zero-order chi connectivity index (χ0) is 18.4. The summed E-state index contributed by atoms with van der Waals surface area (Å²) in [5.74, 6) is 0.646. The number of ether oxygens (including phenoxy) is 1. The Morgan fingerprint density at radius 2 is 1.92 bits per heavy atom. The first kappa shape index (κ1) is 18.3. The molecule has 1 atom stereocenters. The van der Waals surface area contributed by atoms with Crippen LogP contribution in [0.5, 0.6) is 5.75 Å². The van der Waals surface area contributed by atoms with Crippen LogP contribution in [0.15, 0.2) is 35.9 Å². The third-order valence-corrected chi connectivity index (χ3v) is 3.97. The summed E-state index contributed by atoms with van der Waals surface area (Å²) in [4.78, 5) is 2.04. The molecule has 0 aromatic heterocycles. The summed E-state index contributed by atoms with van der Waals surface area (Å²) in [6, 6.07) is 13.9. The van der Waals surface area contributed by atoms with Gasteiger partial charge in [0.25, 0.3) is 0 Å². The summed E-state index contributed by atoms with van der Waals surface area (Å²) in [5, 5.41) is 23.3. The van der Waals surface area contributed by atoms with E-state index in [0.717, 1.165) is 28.4 Å². The Balaban J connectivity index is 2.63. The van der Waals surface area contributed by atoms with Crippen molar-refractivity contribution < 1.29 is 4.74 Å². The van der Waals surface area contributed by atoms with Crippen LogP contribution in [0, 0.1) is 22.7 Å². The second-order valence-electron chi connectivity index (χ2n) is 5.90. The maximum absolute atomic E-state index is 9.06. The van der Waals surface area contributed by atoms with E-state index in [1.807, 2.05) is 69.4 Å². The van der Waals surface area contributed by atoms with E-state index in [2.05, 4.69) is 11.4 Å². The molecule has 0 radical (unpaired) electrons. The van der Waals surface area contributed by atoms with Crippen LogP contribution in [0.4, 0.5) is 5.69 Å². The predicted octanol–water partition coefficient (Wildman–Crippen LogP) is 3.67. The number of allylic oxidation sites excluding steroid dienone is 1. The van der Waals surface area contributed by atoms with Crippen molar-refractivity contribution in [3.05, 3.63) is 41.5 Å². The highest BCUT2D eigenvalue weighted by molar-refractivity contribution is 5.90. The minimum atomic E-state index is -0.144. The zero-order valence-electron chi connectivity index (χ0n) is 15.0. The average molecular weight is 334 g/mol. The molecule has 5 heteroatoms. The van der Waals surface area contributed by atoms with E-state index in [1.54, 1.807) is 6.08 Å². The molecule has 1 N–H and O–H groups in total. The summed E-state index contributed by atoms with van der Waals surface area (Å²) in [6.07, 6.45) is 2.21. The normalized spacial score (nSPS) is 11.3. The van der Waals surface area contributed by atoms with Crippen LogP contribution in [0.25, 0.3) is 16.8 Å². The fourth-order valence-corrected chi connectivity index (χ4v) is 2.52. The van der Waals surface area contributed by atoms with Crippen LogP contribution < -0.4 is 15.0 Å². The number of nitriles is 2. The minimum Gasteiger partial charge on any atom is -0.475 e. The van der Waals surface area contributed by atoms with Gasteiger partial charge in [-0.1, -0.05) is 13.0 Å². The molecule has 0 amide bonds. The lowest BCUT2D eigenvalue weighted by Crippen LogP contribution is -2.30. The highest BCUT2D eigenvalue weighted by atomic mass is 16.5. The minimum absolute atomic E-state index is 0.0478. The van der Waals surface area contributed by atoms with Crippen LogP contribution >= 0.6 is 0 Å². The Hall–Kier alpha value is -3.02. The van der Waals surface area contributed by atoms with E-state index in [4.69, 9.17) is 15.3 Å². The second-order valence-corrected chi connectivity index (χ2v) is 5.90. The maximum Gasteiger partial charge on any atom is 0.149 e. The SMILES string of the molecule is CCC(NC)Oc1cc2cc(N(C)C)ccc2cc1C=C(C#N)C#N. The number of rotatable bonds is 6. The lowest BCUT2D eigenvalue weighted by atomic mass is 10.0. The van der Waals surface area contributed by atoms with Gasteiger partial charge in [-0.05, 0) is 54.6 Å². The Morgan fingerprint density at radius 1 is 1.20 bits per heavy atom. The van der Waals surface area contributed by atoms with Crippen LogP contribution in [0.2, 0.25) is 0 Å². The second kappa shape index (κ2) is 8.19. The fraction of sp³-hybridized carbons (Fsp3) is 0.300. The molecule has 0 aliphatic carbocycles. The van der Waals surface area contributed by atoms with Crippen LogP contribution in [0.3, 0.4) is 0 Å². The fourth-order valence-electron chi connectivity index (χ4n) is 2.52. The predicted molar refractivity (Wildman–Crippen MR) is 101 cm³/mol. The molecule has 0 bridgehead atoms. The van der Waals surface area contributed by atoms with Crippen molar-refractivity contribution >= 4 is 22.5 Å². The van der Waals surface area contributed by atoms with Crippen LogP contribution in [0.1, 0.15) is 18.9 Å². The molecule has 128 valence electrons. The first-order valence-corrected chi connectivity index (χ1v) is 8.13. The molecular weight excluding hydrogens is 312 g/mol. The zero-order valence-corrected chi connectivity index (χ0v) is 15.0. The largest absolute Gasteiger partial charge is 0.475 e. The summed E-state index contributed by atoms with van der Waals surface area (Å²) in [6.45, 7) is 2.03. The molecule has 1 unspecified atom stereocenters. The number of hydrogen-bond acceptors (Lipinski definition) is 5. The average Bonchev–Trinajstić information content (AvgIpc) is 2.63. The Kier molecular flexibility index (Phi) is 6.00. The van der Waals surface area contributed by atoms with Gasteiger partial charge in [0.1, 0.15) is 29.7 Å². The van der Waals surface area contributed by atoms with Crippen molar-refractivity contribution in [1.82, 2.24) is 5.32 Å². The summed E-state index contributed by atoms with van der Waals surface area (Å²) >= 11 is 0. The maximum atomic E-state index is 9.06. The summed E-state index contributed by atoms with van der Waals surface area (Å²) in [7, 11) is 5.83. The van der Waals surface area contributed by atoms with Gasteiger partial charge >= 0.3 is 0 Å². The lowest BCUT2D eigenvalue weighted by molar-refractivity contribution is 0.169. The van der Waals surface area contributed by atoms with Crippen molar-refractivity contribution in [1.29, 1.82) is 10.5 Å². The van der Waals surface area contributed by atoms with Crippen molar-refractivity contribution in [2.75, 3.05) is 26.0 Å². The molecule has 0 fully saturated rings. The number of nitrogens with one attached hydrogen (secondary N) is 1. The quantitative estimate of drug-likeness (QED) is 0.644. The molecular formula is C20H22N4O. The first-order chi connectivity index (χ1) is 12.0. The Labute approximate surface area is 148 Å². The summed E-state index contributed by atoms with van der Waals surface area (Å²) < 4.78 is 6.05. The molecule has 0 saturated carbocycles. The Bertz CT molecular complexity index is 852. The van der Waals surface area contributed by atoms with Gasteiger partial charge in [0.05, 0.1) is 0 Å². The van der Waals surface area contributed by atoms with Gasteiger partial charge in [-0.2, -0.15) is 10.5 Å². The van der Waals surface area contributed by atoms with Gasteiger partial charge in [0.2, 0.25) is 0 Å². The van der Waals surface area contributed by atoms with Crippen LogP contribution in [-0.2, 0) is 0 Å². The van der Waals surface area contributed by atoms with Gasteiger partial charge in [-0.25, -0.2) is 0 Å². The van der Waals surface area contributed by atoms with E-state index in [9.17, 15) is 0 Å². The van der Waals surface area contributed by atoms with Gasteiger partial charge < -0.3 is 9.64 Å². The highest BCUT2D eigenvalue weighted by Crippen LogP contribution is 2.31. The smallest absolute Gasteiger partial charge is 0.149 e. The molecule has 0 saturated heterocycles. The topological polar surface area (TPSA) is 72.1 Å². The van der Waals surface area contributed by atoms with Crippen molar-refractivity contribution in [3.63, 3.8) is 0 Å². The van der Waals surface area contributed by atoms with Gasteiger partial charge in [-0.15, -0.1) is 0 Å². The molecule has 0 aliphatic rings. The van der Waals surface area contributed by atoms with Crippen molar-refractivity contribution in [3.8, 4) is 17.9 Å².